The number of aromatic nitrogens is 3. The van der Waals surface area contributed by atoms with E-state index in [1.165, 1.54) is 12.1 Å². The summed E-state index contributed by atoms with van der Waals surface area (Å²) >= 11 is 5.20. The molecule has 0 aliphatic rings. The van der Waals surface area contributed by atoms with Crippen molar-refractivity contribution in [2.24, 2.45) is 0 Å². The van der Waals surface area contributed by atoms with Crippen molar-refractivity contribution in [3.63, 3.8) is 0 Å². The van der Waals surface area contributed by atoms with Crippen LogP contribution in [0.1, 0.15) is 18.9 Å². The molecule has 0 aliphatic carbocycles. The molecule has 0 fully saturated rings. The van der Waals surface area contributed by atoms with Crippen LogP contribution >= 0.6 is 12.2 Å². The number of hydrogen-bond donors (Lipinski definition) is 1. The van der Waals surface area contributed by atoms with Crippen LogP contribution < -0.4 is 4.90 Å². The largest absolute Gasteiger partial charge is 0.340 e. The van der Waals surface area contributed by atoms with Gasteiger partial charge in [-0.1, -0.05) is 19.1 Å². The normalized spacial score (nSPS) is 10.7. The third-order valence-electron chi connectivity index (χ3n) is 2.84. The predicted octanol–water partition coefficient (Wildman–Crippen LogP) is 3.13. The maximum Gasteiger partial charge on any atom is 0.225 e. The predicted molar refractivity (Wildman–Crippen MR) is 76.2 cm³/mol. The van der Waals surface area contributed by atoms with Crippen LogP contribution in [-0.4, -0.2) is 21.8 Å². The van der Waals surface area contributed by atoms with E-state index >= 15 is 0 Å². The maximum atomic E-state index is 13.2. The summed E-state index contributed by atoms with van der Waals surface area (Å²) in [6.45, 7) is 3.49. The molecule has 0 saturated heterocycles. The first-order valence-electron chi connectivity index (χ1n) is 6.22. The lowest BCUT2D eigenvalue weighted by molar-refractivity contribution is 0.623. The number of benzene rings is 1. The average molecular weight is 280 g/mol. The summed E-state index contributed by atoms with van der Waals surface area (Å²) in [7, 11) is 1.92. The number of hydrogen-bond acceptors (Lipinski definition) is 3. The van der Waals surface area contributed by atoms with Gasteiger partial charge in [-0.2, -0.15) is 0 Å². The van der Waals surface area contributed by atoms with Crippen molar-refractivity contribution < 1.29 is 4.39 Å². The number of nitrogens with zero attached hydrogens (tertiary/aromatic N) is 3. The van der Waals surface area contributed by atoms with Crippen LogP contribution in [0.4, 0.5) is 10.3 Å². The third kappa shape index (κ3) is 3.20. The fraction of sp³-hybridized carbons (Fsp3) is 0.385. The molecule has 102 valence electrons. The highest BCUT2D eigenvalue weighted by Gasteiger charge is 2.11. The highest BCUT2D eigenvalue weighted by Crippen LogP contribution is 2.14. The second-order valence-electron chi connectivity index (χ2n) is 4.47. The molecule has 0 unspecified atom stereocenters. The van der Waals surface area contributed by atoms with E-state index in [1.54, 1.807) is 6.07 Å². The number of halogens is 1. The van der Waals surface area contributed by atoms with E-state index < -0.39 is 0 Å². The zero-order valence-corrected chi connectivity index (χ0v) is 11.9. The second kappa shape index (κ2) is 5.97. The van der Waals surface area contributed by atoms with Gasteiger partial charge in [-0.15, -0.1) is 5.10 Å². The molecule has 2 rings (SSSR count). The van der Waals surface area contributed by atoms with Crippen LogP contribution in [0.25, 0.3) is 0 Å². The molecule has 0 spiro atoms. The number of H-pyrrole nitrogens is 1. The highest BCUT2D eigenvalue weighted by molar-refractivity contribution is 7.71. The van der Waals surface area contributed by atoms with Crippen molar-refractivity contribution in [1.29, 1.82) is 0 Å². The molecule has 2 aromatic rings. The molecular weight excluding hydrogens is 263 g/mol. The van der Waals surface area contributed by atoms with Gasteiger partial charge >= 0.3 is 0 Å². The smallest absolute Gasteiger partial charge is 0.225 e. The Balaban J connectivity index is 2.20. The fourth-order valence-corrected chi connectivity index (χ4v) is 2.22. The van der Waals surface area contributed by atoms with E-state index in [2.05, 4.69) is 17.1 Å². The molecule has 1 aromatic heterocycles. The minimum absolute atomic E-state index is 0.224. The van der Waals surface area contributed by atoms with E-state index in [-0.39, 0.29) is 5.82 Å². The van der Waals surface area contributed by atoms with Crippen molar-refractivity contribution in [3.05, 3.63) is 40.4 Å². The summed E-state index contributed by atoms with van der Waals surface area (Å²) in [6.07, 6.45) is 0.981. The van der Waals surface area contributed by atoms with Gasteiger partial charge in [0.2, 0.25) is 5.95 Å². The van der Waals surface area contributed by atoms with Crippen molar-refractivity contribution in [3.8, 4) is 0 Å². The monoisotopic (exact) mass is 280 g/mol. The van der Waals surface area contributed by atoms with Gasteiger partial charge in [0.05, 0.1) is 0 Å². The first-order chi connectivity index (χ1) is 9.11. The zero-order chi connectivity index (χ0) is 13.8. The van der Waals surface area contributed by atoms with Crippen molar-refractivity contribution in [1.82, 2.24) is 14.8 Å². The standard InChI is InChI=1S/C13H17FN4S/c1-3-7-18-12(15-16-13(18)19)17(2)9-10-5-4-6-11(14)8-10/h4-6,8H,3,7,9H2,1-2H3,(H,16,19). The van der Waals surface area contributed by atoms with Gasteiger partial charge in [0.15, 0.2) is 4.77 Å². The zero-order valence-electron chi connectivity index (χ0n) is 11.1. The summed E-state index contributed by atoms with van der Waals surface area (Å²) < 4.78 is 15.7. The number of rotatable bonds is 5. The first-order valence-corrected chi connectivity index (χ1v) is 6.63. The van der Waals surface area contributed by atoms with E-state index in [0.717, 1.165) is 24.5 Å². The number of anilines is 1. The Kier molecular flexibility index (Phi) is 4.31. The Morgan fingerprint density at radius 2 is 2.26 bits per heavy atom. The summed E-state index contributed by atoms with van der Waals surface area (Å²) in [6, 6.07) is 6.57. The summed E-state index contributed by atoms with van der Waals surface area (Å²) in [5.74, 6) is 0.550. The van der Waals surface area contributed by atoms with Gasteiger partial charge in [0, 0.05) is 20.1 Å². The van der Waals surface area contributed by atoms with Crippen LogP contribution in [0.2, 0.25) is 0 Å². The molecule has 6 heteroatoms. The molecule has 0 saturated carbocycles. The maximum absolute atomic E-state index is 13.2. The Hall–Kier alpha value is -1.69. The van der Waals surface area contributed by atoms with E-state index in [1.807, 2.05) is 22.6 Å². The molecule has 1 heterocycles. The lowest BCUT2D eigenvalue weighted by atomic mass is 10.2. The van der Waals surface area contributed by atoms with Crippen molar-refractivity contribution in [2.45, 2.75) is 26.4 Å². The molecule has 0 amide bonds. The van der Waals surface area contributed by atoms with Gasteiger partial charge in [-0.25, -0.2) is 9.49 Å². The average Bonchev–Trinajstić information content (AvgIpc) is 2.72. The van der Waals surface area contributed by atoms with E-state index in [9.17, 15) is 4.39 Å². The van der Waals surface area contributed by atoms with Crippen LogP contribution in [0.3, 0.4) is 0 Å². The minimum atomic E-state index is -0.224. The second-order valence-corrected chi connectivity index (χ2v) is 4.85. The quantitative estimate of drug-likeness (QED) is 0.855. The fourth-order valence-electron chi connectivity index (χ4n) is 2.01. The molecular formula is C13H17FN4S. The minimum Gasteiger partial charge on any atom is -0.340 e. The van der Waals surface area contributed by atoms with Crippen LogP contribution in [0.5, 0.6) is 0 Å². The van der Waals surface area contributed by atoms with Crippen LogP contribution in [0.15, 0.2) is 24.3 Å². The molecule has 0 atom stereocenters. The molecule has 4 nitrogen and oxygen atoms in total. The van der Waals surface area contributed by atoms with Gasteiger partial charge in [-0.05, 0) is 36.3 Å². The summed E-state index contributed by atoms with van der Waals surface area (Å²) in [4.78, 5) is 1.96. The van der Waals surface area contributed by atoms with Crippen LogP contribution in [0, 0.1) is 10.6 Å². The Morgan fingerprint density at radius 1 is 1.47 bits per heavy atom. The first kappa shape index (κ1) is 13.7. The lowest BCUT2D eigenvalue weighted by Crippen LogP contribution is -2.21. The van der Waals surface area contributed by atoms with Gasteiger partial charge in [0.1, 0.15) is 5.82 Å². The van der Waals surface area contributed by atoms with Gasteiger partial charge < -0.3 is 4.90 Å². The van der Waals surface area contributed by atoms with Crippen molar-refractivity contribution in [2.75, 3.05) is 11.9 Å². The molecule has 0 bridgehead atoms. The topological polar surface area (TPSA) is 36.9 Å². The van der Waals surface area contributed by atoms with E-state index in [4.69, 9.17) is 12.2 Å². The Labute approximate surface area is 116 Å². The summed E-state index contributed by atoms with van der Waals surface area (Å²) in [5, 5.41) is 7.03. The van der Waals surface area contributed by atoms with E-state index in [0.29, 0.717) is 11.3 Å². The SMILES string of the molecule is CCCn1c(N(C)Cc2cccc(F)c2)n[nH]c1=S. The Morgan fingerprint density at radius 3 is 2.95 bits per heavy atom. The number of nitrogens with one attached hydrogen (secondary N) is 1. The molecule has 0 aliphatic heterocycles. The molecule has 1 N–H and O–H groups in total. The molecule has 1 aromatic carbocycles. The van der Waals surface area contributed by atoms with Gasteiger partial charge in [0.25, 0.3) is 0 Å². The lowest BCUT2D eigenvalue weighted by Gasteiger charge is -2.18. The Bertz CT molecular complexity index is 605. The van der Waals surface area contributed by atoms with Crippen molar-refractivity contribution >= 4 is 18.2 Å². The molecule has 0 radical (unpaired) electrons. The summed E-state index contributed by atoms with van der Waals surface area (Å²) in [5.41, 5.74) is 0.902. The van der Waals surface area contributed by atoms with Crippen LogP contribution in [-0.2, 0) is 13.1 Å². The molecule has 19 heavy (non-hydrogen) atoms. The number of aromatic amines is 1. The third-order valence-corrected chi connectivity index (χ3v) is 3.15. The van der Waals surface area contributed by atoms with Gasteiger partial charge in [-0.3, -0.25) is 4.57 Å². The highest BCUT2D eigenvalue weighted by atomic mass is 32.1.